The summed E-state index contributed by atoms with van der Waals surface area (Å²) >= 11 is 8.76. The van der Waals surface area contributed by atoms with Crippen molar-refractivity contribution in [3.63, 3.8) is 0 Å². The van der Waals surface area contributed by atoms with Gasteiger partial charge in [-0.05, 0) is 23.9 Å². The van der Waals surface area contributed by atoms with Gasteiger partial charge in [-0.25, -0.2) is 0 Å². The molecule has 1 aromatic rings. The molecule has 7 heteroatoms. The van der Waals surface area contributed by atoms with Crippen LogP contribution in [-0.4, -0.2) is 42.0 Å². The molecule has 0 radical (unpaired) electrons. The summed E-state index contributed by atoms with van der Waals surface area (Å²) in [7, 11) is 1.99. The largest absolute Gasteiger partial charge is 0.337 e. The smallest absolute Gasteiger partial charge is 0.269 e. The summed E-state index contributed by atoms with van der Waals surface area (Å²) in [5.41, 5.74) is 1.12. The second kappa shape index (κ2) is 7.03. The summed E-state index contributed by atoms with van der Waals surface area (Å²) in [5.74, 6) is 0.414. The van der Waals surface area contributed by atoms with Crippen molar-refractivity contribution in [2.24, 2.45) is 4.99 Å². The van der Waals surface area contributed by atoms with Gasteiger partial charge in [-0.1, -0.05) is 30.0 Å². The summed E-state index contributed by atoms with van der Waals surface area (Å²) in [6.07, 6.45) is 1.71. The summed E-state index contributed by atoms with van der Waals surface area (Å²) in [5, 5.41) is 1.65. The Kier molecular flexibility index (Phi) is 5.04. The van der Waals surface area contributed by atoms with Gasteiger partial charge in [0.2, 0.25) is 0 Å². The van der Waals surface area contributed by atoms with Crippen LogP contribution in [0.3, 0.4) is 0 Å². The molecule has 3 rings (SSSR count). The fourth-order valence-electron chi connectivity index (χ4n) is 2.38. The number of carbonyl (C=O) groups is 1. The summed E-state index contributed by atoms with van der Waals surface area (Å²) in [6.45, 7) is 4.67. The van der Waals surface area contributed by atoms with Crippen molar-refractivity contribution in [1.82, 2.24) is 4.90 Å². The lowest BCUT2D eigenvalue weighted by Gasteiger charge is -2.15. The number of halogens is 1. The van der Waals surface area contributed by atoms with Crippen molar-refractivity contribution < 1.29 is 4.79 Å². The number of aliphatic imine (C=N–C) groups is 1. The number of hydrogen-bond donors (Lipinski definition) is 0. The molecule has 0 aromatic heterocycles. The van der Waals surface area contributed by atoms with E-state index in [-0.39, 0.29) is 5.91 Å². The number of carbonyl (C=O) groups excluding carboxylic acids is 1. The lowest BCUT2D eigenvalue weighted by Crippen LogP contribution is -2.30. The molecule has 1 saturated heterocycles. The number of thioether (sulfide) groups is 2. The fourth-order valence-corrected chi connectivity index (χ4v) is 4.82. The molecule has 0 bridgehead atoms. The van der Waals surface area contributed by atoms with Crippen molar-refractivity contribution in [3.05, 3.63) is 46.9 Å². The molecule has 0 spiro atoms. The Bertz CT molecular complexity index is 717. The van der Waals surface area contributed by atoms with Crippen LogP contribution in [0.4, 0.5) is 5.69 Å². The Morgan fingerprint density at radius 3 is 2.83 bits per heavy atom. The van der Waals surface area contributed by atoms with E-state index in [0.29, 0.717) is 29.0 Å². The van der Waals surface area contributed by atoms with Gasteiger partial charge in [-0.3, -0.25) is 14.7 Å². The highest BCUT2D eigenvalue weighted by molar-refractivity contribution is 8.19. The fraction of sp³-hybridized carbons (Fsp3) is 0.250. The average molecular weight is 366 g/mol. The molecular formula is C16H16ClN3OS2. The van der Waals surface area contributed by atoms with Crippen LogP contribution in [0, 0.1) is 0 Å². The molecular weight excluding hydrogens is 350 g/mol. The van der Waals surface area contributed by atoms with Gasteiger partial charge in [0.05, 0.1) is 17.3 Å². The van der Waals surface area contributed by atoms with E-state index in [1.54, 1.807) is 22.7 Å². The number of rotatable bonds is 4. The third-order valence-electron chi connectivity index (χ3n) is 3.44. The van der Waals surface area contributed by atoms with E-state index in [4.69, 9.17) is 11.6 Å². The maximum atomic E-state index is 12.8. The Labute approximate surface area is 149 Å². The number of anilines is 1. The normalized spacial score (nSPS) is 22.2. The molecule has 1 amide bonds. The molecule has 0 aliphatic carbocycles. The third kappa shape index (κ3) is 3.03. The zero-order valence-electron chi connectivity index (χ0n) is 12.7. The van der Waals surface area contributed by atoms with Gasteiger partial charge in [0, 0.05) is 24.4 Å². The van der Waals surface area contributed by atoms with E-state index in [1.807, 2.05) is 19.2 Å². The van der Waals surface area contributed by atoms with E-state index in [1.165, 1.54) is 11.8 Å². The first-order valence-electron chi connectivity index (χ1n) is 7.13. The number of amides is 1. The van der Waals surface area contributed by atoms with Gasteiger partial charge in [0.1, 0.15) is 4.91 Å². The van der Waals surface area contributed by atoms with E-state index in [2.05, 4.69) is 28.6 Å². The molecule has 2 aliphatic rings. The van der Waals surface area contributed by atoms with E-state index >= 15 is 0 Å². The van der Waals surface area contributed by atoms with Crippen molar-refractivity contribution >= 4 is 51.9 Å². The zero-order chi connectivity index (χ0) is 16.4. The second-order valence-electron chi connectivity index (χ2n) is 4.92. The highest BCUT2D eigenvalue weighted by Crippen LogP contribution is 2.49. The minimum Gasteiger partial charge on any atom is -0.337 e. The molecule has 0 saturated carbocycles. The monoisotopic (exact) mass is 365 g/mol. The molecule has 23 heavy (non-hydrogen) atoms. The maximum absolute atomic E-state index is 12.8. The van der Waals surface area contributed by atoms with Crippen LogP contribution in [0.15, 0.2) is 56.7 Å². The first-order chi connectivity index (χ1) is 11.2. The van der Waals surface area contributed by atoms with Crippen LogP contribution < -0.4 is 4.90 Å². The Morgan fingerprint density at radius 1 is 1.35 bits per heavy atom. The molecule has 1 fully saturated rings. The van der Waals surface area contributed by atoms with Crippen molar-refractivity contribution in [2.45, 2.75) is 4.90 Å². The molecule has 0 unspecified atom stereocenters. The number of nitrogens with zero attached hydrogens (tertiary/aromatic N) is 3. The lowest BCUT2D eigenvalue weighted by atomic mass is 10.3. The SMILES string of the molecule is C=CCN1C(=O)C(=C2Sc3ccccc3N2C)SC1=NCCCl. The molecule has 4 nitrogen and oxygen atoms in total. The van der Waals surface area contributed by atoms with Crippen LogP contribution in [0.25, 0.3) is 0 Å². The molecule has 0 atom stereocenters. The number of para-hydroxylation sites is 1. The quantitative estimate of drug-likeness (QED) is 0.462. The lowest BCUT2D eigenvalue weighted by molar-refractivity contribution is -0.121. The first-order valence-corrected chi connectivity index (χ1v) is 9.30. The average Bonchev–Trinajstić information content (AvgIpc) is 3.05. The highest BCUT2D eigenvalue weighted by atomic mass is 35.5. The van der Waals surface area contributed by atoms with Crippen LogP contribution in [-0.2, 0) is 4.79 Å². The summed E-state index contributed by atoms with van der Waals surface area (Å²) in [6, 6.07) is 8.14. The van der Waals surface area contributed by atoms with E-state index in [0.717, 1.165) is 15.6 Å². The Morgan fingerprint density at radius 2 is 2.13 bits per heavy atom. The Hall–Kier alpha value is -1.37. The van der Waals surface area contributed by atoms with Crippen molar-refractivity contribution in [2.75, 3.05) is 30.9 Å². The van der Waals surface area contributed by atoms with Crippen LogP contribution in [0.1, 0.15) is 0 Å². The van der Waals surface area contributed by atoms with E-state index in [9.17, 15) is 4.79 Å². The highest BCUT2D eigenvalue weighted by Gasteiger charge is 2.38. The van der Waals surface area contributed by atoms with Gasteiger partial charge < -0.3 is 4.90 Å². The number of amidine groups is 1. The molecule has 1 aromatic carbocycles. The summed E-state index contributed by atoms with van der Waals surface area (Å²) in [4.78, 5) is 22.8. The van der Waals surface area contributed by atoms with Crippen LogP contribution >= 0.6 is 35.1 Å². The number of fused-ring (bicyclic) bond motifs is 1. The number of alkyl halides is 1. The second-order valence-corrected chi connectivity index (χ2v) is 7.31. The third-order valence-corrected chi connectivity index (χ3v) is 6.08. The minimum absolute atomic E-state index is 0.0228. The summed E-state index contributed by atoms with van der Waals surface area (Å²) < 4.78 is 0. The van der Waals surface area contributed by atoms with E-state index < -0.39 is 0 Å². The van der Waals surface area contributed by atoms with Gasteiger partial charge in [-0.15, -0.1) is 18.2 Å². The van der Waals surface area contributed by atoms with Crippen molar-refractivity contribution in [1.29, 1.82) is 0 Å². The van der Waals surface area contributed by atoms with Gasteiger partial charge in [0.15, 0.2) is 5.17 Å². The van der Waals surface area contributed by atoms with Crippen LogP contribution in [0.2, 0.25) is 0 Å². The molecule has 2 aliphatic heterocycles. The van der Waals surface area contributed by atoms with Gasteiger partial charge >= 0.3 is 0 Å². The predicted molar refractivity (Wildman–Crippen MR) is 100 cm³/mol. The zero-order valence-corrected chi connectivity index (χ0v) is 15.0. The standard InChI is InChI=1S/C16H16ClN3OS2/c1-3-10-20-14(21)13(23-16(20)18-9-8-17)15-19(2)11-6-4-5-7-12(11)22-15/h3-7H,1,8-10H2,2H3. The molecule has 0 N–H and O–H groups in total. The predicted octanol–water partition coefficient (Wildman–Crippen LogP) is 3.75. The van der Waals surface area contributed by atoms with Gasteiger partial charge in [-0.2, -0.15) is 0 Å². The van der Waals surface area contributed by atoms with Gasteiger partial charge in [0.25, 0.3) is 5.91 Å². The topological polar surface area (TPSA) is 35.9 Å². The number of benzene rings is 1. The minimum atomic E-state index is -0.0228. The molecule has 2 heterocycles. The number of hydrogen-bond acceptors (Lipinski definition) is 5. The maximum Gasteiger partial charge on any atom is 0.269 e. The van der Waals surface area contributed by atoms with Crippen molar-refractivity contribution in [3.8, 4) is 0 Å². The molecule has 120 valence electrons. The Balaban J connectivity index is 1.97. The van der Waals surface area contributed by atoms with Crippen LogP contribution in [0.5, 0.6) is 0 Å². The first kappa shape index (κ1) is 16.5.